The highest BCUT2D eigenvalue weighted by atomic mass is 16.6. The summed E-state index contributed by atoms with van der Waals surface area (Å²) < 4.78 is 17.7. The molecule has 1 aliphatic rings. The van der Waals surface area contributed by atoms with E-state index in [4.69, 9.17) is 14.2 Å². The van der Waals surface area contributed by atoms with Gasteiger partial charge in [0.2, 0.25) is 0 Å². The molecule has 1 heterocycles. The van der Waals surface area contributed by atoms with E-state index >= 15 is 0 Å². The third kappa shape index (κ3) is 4.36. The van der Waals surface area contributed by atoms with E-state index in [1.54, 1.807) is 18.2 Å². The van der Waals surface area contributed by atoms with E-state index in [1.165, 1.54) is 0 Å². The summed E-state index contributed by atoms with van der Waals surface area (Å²) >= 11 is 0. The summed E-state index contributed by atoms with van der Waals surface area (Å²) in [7, 11) is 0. The fourth-order valence-electron chi connectivity index (χ4n) is 2.91. The summed E-state index contributed by atoms with van der Waals surface area (Å²) in [5, 5.41) is 0. The van der Waals surface area contributed by atoms with Gasteiger partial charge in [-0.2, -0.15) is 0 Å². The maximum absolute atomic E-state index is 11.2. The van der Waals surface area contributed by atoms with Crippen LogP contribution in [-0.4, -0.2) is 19.0 Å². The van der Waals surface area contributed by atoms with Gasteiger partial charge in [0, 0.05) is 5.56 Å². The van der Waals surface area contributed by atoms with Crippen LogP contribution in [0.4, 0.5) is 0 Å². The van der Waals surface area contributed by atoms with Crippen molar-refractivity contribution in [2.24, 2.45) is 0 Å². The molecule has 0 unspecified atom stereocenters. The standard InChI is InChI=1S/C23H20O4/c24-14-18-11-12-20(25-15-17-7-3-1-4-8-17)21(13-18)27-23(22-16-26-22)19-9-5-2-6-10-19/h1-14,22-23H,15-16H2/t22-,23+/m1/s1. The lowest BCUT2D eigenvalue weighted by Crippen LogP contribution is -2.15. The summed E-state index contributed by atoms with van der Waals surface area (Å²) in [5.74, 6) is 1.14. The normalized spacial score (nSPS) is 16.4. The van der Waals surface area contributed by atoms with E-state index < -0.39 is 0 Å². The third-order valence-electron chi connectivity index (χ3n) is 4.42. The van der Waals surface area contributed by atoms with Gasteiger partial charge in [0.05, 0.1) is 6.61 Å². The molecule has 0 aliphatic carbocycles. The molecule has 0 bridgehead atoms. The van der Waals surface area contributed by atoms with Gasteiger partial charge in [-0.15, -0.1) is 0 Å². The SMILES string of the molecule is O=Cc1ccc(OCc2ccccc2)c(O[C@@H](c2ccccc2)[C@H]2CO2)c1. The van der Waals surface area contributed by atoms with E-state index in [1.807, 2.05) is 60.7 Å². The molecule has 1 fully saturated rings. The highest BCUT2D eigenvalue weighted by molar-refractivity contribution is 5.76. The zero-order valence-corrected chi connectivity index (χ0v) is 14.8. The van der Waals surface area contributed by atoms with Crippen molar-refractivity contribution in [3.05, 3.63) is 95.6 Å². The molecule has 3 aromatic carbocycles. The molecule has 136 valence electrons. The van der Waals surface area contributed by atoms with E-state index in [0.29, 0.717) is 30.3 Å². The molecule has 0 N–H and O–H groups in total. The van der Waals surface area contributed by atoms with Gasteiger partial charge < -0.3 is 14.2 Å². The molecule has 3 aromatic rings. The molecular weight excluding hydrogens is 340 g/mol. The summed E-state index contributed by atoms with van der Waals surface area (Å²) in [6.45, 7) is 1.08. The van der Waals surface area contributed by atoms with Crippen LogP contribution < -0.4 is 9.47 Å². The quantitative estimate of drug-likeness (QED) is 0.435. The molecule has 0 saturated carbocycles. The van der Waals surface area contributed by atoms with Crippen LogP contribution in [0.2, 0.25) is 0 Å². The summed E-state index contributed by atoms with van der Waals surface area (Å²) in [4.78, 5) is 11.2. The molecule has 1 saturated heterocycles. The molecule has 4 rings (SSSR count). The molecule has 0 radical (unpaired) electrons. The van der Waals surface area contributed by atoms with Crippen LogP contribution in [0.15, 0.2) is 78.9 Å². The number of ether oxygens (including phenoxy) is 3. The van der Waals surface area contributed by atoms with E-state index in [2.05, 4.69) is 0 Å². The van der Waals surface area contributed by atoms with Crippen molar-refractivity contribution in [3.8, 4) is 11.5 Å². The van der Waals surface area contributed by atoms with Gasteiger partial charge in [0.25, 0.3) is 0 Å². The van der Waals surface area contributed by atoms with E-state index in [-0.39, 0.29) is 12.2 Å². The number of hydrogen-bond donors (Lipinski definition) is 0. The maximum atomic E-state index is 11.2. The Morgan fingerprint density at radius 1 is 0.963 bits per heavy atom. The molecule has 0 aromatic heterocycles. The minimum Gasteiger partial charge on any atom is -0.485 e. The van der Waals surface area contributed by atoms with Gasteiger partial charge in [-0.25, -0.2) is 0 Å². The first-order valence-corrected chi connectivity index (χ1v) is 8.92. The predicted molar refractivity (Wildman–Crippen MR) is 102 cm³/mol. The first kappa shape index (κ1) is 17.3. The molecule has 27 heavy (non-hydrogen) atoms. The second kappa shape index (κ2) is 8.06. The zero-order valence-electron chi connectivity index (χ0n) is 14.8. The van der Waals surface area contributed by atoms with Gasteiger partial charge in [0.1, 0.15) is 19.0 Å². The van der Waals surface area contributed by atoms with Crippen molar-refractivity contribution in [2.75, 3.05) is 6.61 Å². The lowest BCUT2D eigenvalue weighted by atomic mass is 10.1. The predicted octanol–water partition coefficient (Wildman–Crippen LogP) is 4.60. The smallest absolute Gasteiger partial charge is 0.163 e. The van der Waals surface area contributed by atoms with Crippen LogP contribution in [0, 0.1) is 0 Å². The average Bonchev–Trinajstić information content (AvgIpc) is 3.57. The lowest BCUT2D eigenvalue weighted by molar-refractivity contribution is 0.112. The Kier molecular flexibility index (Phi) is 5.17. The van der Waals surface area contributed by atoms with Gasteiger partial charge in [-0.05, 0) is 29.3 Å². The van der Waals surface area contributed by atoms with Crippen LogP contribution >= 0.6 is 0 Å². The lowest BCUT2D eigenvalue weighted by Gasteiger charge is -2.20. The highest BCUT2D eigenvalue weighted by Crippen LogP contribution is 2.37. The average molecular weight is 360 g/mol. The topological polar surface area (TPSA) is 48.1 Å². The number of benzene rings is 3. The molecule has 1 aliphatic heterocycles. The molecular formula is C23H20O4. The second-order valence-electron chi connectivity index (χ2n) is 6.42. The molecule has 0 amide bonds. The number of carbonyl (C=O) groups excluding carboxylic acids is 1. The molecule has 0 spiro atoms. The Labute approximate surface area is 158 Å². The second-order valence-corrected chi connectivity index (χ2v) is 6.42. The van der Waals surface area contributed by atoms with Crippen molar-refractivity contribution in [3.63, 3.8) is 0 Å². The minimum absolute atomic E-state index is 0.00857. The first-order valence-electron chi connectivity index (χ1n) is 8.92. The number of rotatable bonds is 8. The van der Waals surface area contributed by atoms with Crippen molar-refractivity contribution < 1.29 is 19.0 Å². The Morgan fingerprint density at radius 3 is 2.33 bits per heavy atom. The van der Waals surface area contributed by atoms with E-state index in [9.17, 15) is 4.79 Å². The maximum Gasteiger partial charge on any atom is 0.163 e. The highest BCUT2D eigenvalue weighted by Gasteiger charge is 2.36. The third-order valence-corrected chi connectivity index (χ3v) is 4.42. The van der Waals surface area contributed by atoms with Gasteiger partial charge in [-0.1, -0.05) is 60.7 Å². The zero-order chi connectivity index (χ0) is 18.5. The fraction of sp³-hybridized carbons (Fsp3) is 0.174. The Bertz CT molecular complexity index is 889. The van der Waals surface area contributed by atoms with Crippen molar-refractivity contribution in [1.29, 1.82) is 0 Å². The Balaban J connectivity index is 1.58. The number of carbonyl (C=O) groups is 1. The fourth-order valence-corrected chi connectivity index (χ4v) is 2.91. The van der Waals surface area contributed by atoms with Crippen molar-refractivity contribution in [1.82, 2.24) is 0 Å². The summed E-state index contributed by atoms with van der Waals surface area (Å²) in [5.41, 5.74) is 2.64. The van der Waals surface area contributed by atoms with Crippen molar-refractivity contribution in [2.45, 2.75) is 18.8 Å². The van der Waals surface area contributed by atoms with Crippen molar-refractivity contribution >= 4 is 6.29 Å². The molecule has 4 nitrogen and oxygen atoms in total. The summed E-state index contributed by atoms with van der Waals surface area (Å²) in [6.07, 6.45) is 0.570. The minimum atomic E-state index is -0.243. The summed E-state index contributed by atoms with van der Waals surface area (Å²) in [6, 6.07) is 25.1. The number of hydrogen-bond acceptors (Lipinski definition) is 4. The van der Waals surface area contributed by atoms with Crippen LogP contribution in [0.3, 0.4) is 0 Å². The monoisotopic (exact) mass is 360 g/mol. The Hall–Kier alpha value is -3.11. The molecule has 2 atom stereocenters. The van der Waals surface area contributed by atoms with Crippen LogP contribution in [0.5, 0.6) is 11.5 Å². The molecule has 4 heteroatoms. The largest absolute Gasteiger partial charge is 0.485 e. The Morgan fingerprint density at radius 2 is 1.67 bits per heavy atom. The number of aldehydes is 1. The van der Waals surface area contributed by atoms with Gasteiger partial charge >= 0.3 is 0 Å². The first-order chi connectivity index (χ1) is 13.3. The van der Waals surface area contributed by atoms with Gasteiger partial charge in [-0.3, -0.25) is 4.79 Å². The number of epoxide rings is 1. The van der Waals surface area contributed by atoms with Crippen LogP contribution in [-0.2, 0) is 11.3 Å². The van der Waals surface area contributed by atoms with E-state index in [0.717, 1.165) is 17.4 Å². The van der Waals surface area contributed by atoms with Crippen LogP contribution in [0.1, 0.15) is 27.6 Å². The van der Waals surface area contributed by atoms with Gasteiger partial charge in [0.15, 0.2) is 17.6 Å². The van der Waals surface area contributed by atoms with Crippen LogP contribution in [0.25, 0.3) is 0 Å².